The van der Waals surface area contributed by atoms with Gasteiger partial charge in [0.25, 0.3) is 5.91 Å². The minimum absolute atomic E-state index is 0.0999. The Morgan fingerprint density at radius 2 is 1.70 bits per heavy atom. The zero-order valence-corrected chi connectivity index (χ0v) is 21.2. The number of hydrogen-bond acceptors (Lipinski definition) is 3. The number of hydrogen-bond donors (Lipinski definition) is 1. The number of amides is 2. The largest absolute Gasteiger partial charge is 0.342 e. The van der Waals surface area contributed by atoms with Crippen molar-refractivity contribution in [3.05, 3.63) is 35.4 Å². The van der Waals surface area contributed by atoms with Gasteiger partial charge in [-0.3, -0.25) is 14.4 Å². The van der Waals surface area contributed by atoms with E-state index in [1.54, 1.807) is 0 Å². The molecule has 1 N–H and O–H groups in total. The van der Waals surface area contributed by atoms with Gasteiger partial charge in [0.1, 0.15) is 0 Å². The zero-order chi connectivity index (χ0) is 24.2. The molecule has 0 aromatic heterocycles. The number of nitrogens with zero attached hydrogens (tertiary/aromatic N) is 1. The van der Waals surface area contributed by atoms with E-state index in [9.17, 15) is 14.4 Å². The summed E-state index contributed by atoms with van der Waals surface area (Å²) < 4.78 is 0. The summed E-state index contributed by atoms with van der Waals surface area (Å²) in [5, 5.41) is 3.11. The predicted octanol–water partition coefficient (Wildman–Crippen LogP) is 5.34. The predicted molar refractivity (Wildman–Crippen MR) is 132 cm³/mol. The van der Waals surface area contributed by atoms with Crippen LogP contribution in [0, 0.1) is 17.3 Å². The van der Waals surface area contributed by atoms with Gasteiger partial charge in [-0.25, -0.2) is 0 Å². The Morgan fingerprint density at radius 1 is 1.00 bits per heavy atom. The second-order valence-corrected chi connectivity index (χ2v) is 11.4. The SMILES string of the molecule is CC(C)C(=O)[C@H](NC(=O)c1cccc(C2CCCN(C(=O)C(C)(C)C)C2)c1)C1CCCCC1. The molecule has 1 saturated carbocycles. The van der Waals surface area contributed by atoms with Crippen LogP contribution in [0.4, 0.5) is 0 Å². The summed E-state index contributed by atoms with van der Waals surface area (Å²) in [6.07, 6.45) is 7.45. The molecule has 33 heavy (non-hydrogen) atoms. The average molecular weight is 455 g/mol. The molecule has 0 spiro atoms. The first kappa shape index (κ1) is 25.5. The lowest BCUT2D eigenvalue weighted by Gasteiger charge is -2.36. The molecule has 5 heteroatoms. The fraction of sp³-hybridized carbons (Fsp3) is 0.679. The summed E-state index contributed by atoms with van der Waals surface area (Å²) in [6, 6.07) is 7.37. The van der Waals surface area contributed by atoms with Crippen molar-refractivity contribution in [1.29, 1.82) is 0 Å². The Morgan fingerprint density at radius 3 is 2.33 bits per heavy atom. The molecule has 2 aliphatic rings. The summed E-state index contributed by atoms with van der Waals surface area (Å²) in [5.74, 6) is 0.510. The lowest BCUT2D eigenvalue weighted by atomic mass is 9.80. The second kappa shape index (κ2) is 10.8. The summed E-state index contributed by atoms with van der Waals surface area (Å²) in [6.45, 7) is 11.2. The van der Waals surface area contributed by atoms with Crippen LogP contribution < -0.4 is 5.32 Å². The fourth-order valence-corrected chi connectivity index (χ4v) is 5.31. The number of nitrogens with one attached hydrogen (secondary N) is 1. The molecular formula is C28H42N2O3. The number of likely N-dealkylation sites (tertiary alicyclic amines) is 1. The van der Waals surface area contributed by atoms with E-state index in [2.05, 4.69) is 11.4 Å². The molecule has 0 radical (unpaired) electrons. The van der Waals surface area contributed by atoms with E-state index in [0.29, 0.717) is 12.1 Å². The van der Waals surface area contributed by atoms with Crippen molar-refractivity contribution in [3.63, 3.8) is 0 Å². The van der Waals surface area contributed by atoms with Crippen molar-refractivity contribution in [1.82, 2.24) is 10.2 Å². The summed E-state index contributed by atoms with van der Waals surface area (Å²) in [5.41, 5.74) is 1.31. The summed E-state index contributed by atoms with van der Waals surface area (Å²) >= 11 is 0. The highest BCUT2D eigenvalue weighted by molar-refractivity contribution is 5.98. The molecule has 0 bridgehead atoms. The highest BCUT2D eigenvalue weighted by atomic mass is 16.2. The van der Waals surface area contributed by atoms with E-state index in [-0.39, 0.29) is 40.8 Å². The summed E-state index contributed by atoms with van der Waals surface area (Å²) in [4.78, 5) is 41.0. The molecule has 2 amide bonds. The molecule has 1 aliphatic carbocycles. The molecule has 3 rings (SSSR count). The van der Waals surface area contributed by atoms with Crippen molar-refractivity contribution in [2.45, 2.75) is 91.5 Å². The molecule has 1 aromatic carbocycles. The molecule has 1 unspecified atom stereocenters. The van der Waals surface area contributed by atoms with Crippen LogP contribution in [0.3, 0.4) is 0 Å². The molecule has 2 atom stereocenters. The normalized spacial score (nSPS) is 21.0. The molecule has 1 saturated heterocycles. The number of piperidine rings is 1. The number of Topliss-reactive ketones (excluding diaryl/α,β-unsaturated/α-hetero) is 1. The fourth-order valence-electron chi connectivity index (χ4n) is 5.31. The highest BCUT2D eigenvalue weighted by Gasteiger charge is 2.33. The van der Waals surface area contributed by atoms with Gasteiger partial charge in [-0.15, -0.1) is 0 Å². The van der Waals surface area contributed by atoms with Gasteiger partial charge in [-0.05, 0) is 49.3 Å². The van der Waals surface area contributed by atoms with Gasteiger partial charge in [0.2, 0.25) is 5.91 Å². The molecule has 1 aromatic rings. The molecule has 5 nitrogen and oxygen atoms in total. The zero-order valence-electron chi connectivity index (χ0n) is 21.2. The quantitative estimate of drug-likeness (QED) is 0.631. The van der Waals surface area contributed by atoms with Crippen molar-refractivity contribution in [3.8, 4) is 0 Å². The Bertz CT molecular complexity index is 849. The lowest BCUT2D eigenvalue weighted by molar-refractivity contribution is -0.140. The van der Waals surface area contributed by atoms with E-state index < -0.39 is 6.04 Å². The van der Waals surface area contributed by atoms with E-state index in [4.69, 9.17) is 0 Å². The number of carbonyl (C=O) groups is 3. The van der Waals surface area contributed by atoms with Gasteiger partial charge >= 0.3 is 0 Å². The maximum absolute atomic E-state index is 13.2. The van der Waals surface area contributed by atoms with E-state index in [1.165, 1.54) is 6.42 Å². The number of rotatable bonds is 6. The van der Waals surface area contributed by atoms with Crippen LogP contribution in [0.5, 0.6) is 0 Å². The minimum Gasteiger partial charge on any atom is -0.342 e. The standard InChI is InChI=1S/C28H42N2O3/c1-19(2)25(31)24(20-11-7-6-8-12-20)29-26(32)22-14-9-13-21(17-22)23-15-10-16-30(18-23)27(33)28(3,4)5/h9,13-14,17,19-20,23-24H,6-8,10-12,15-16,18H2,1-5H3,(H,29,32)/t23?,24-/m1/s1. The van der Waals surface area contributed by atoms with E-state index in [1.807, 2.05) is 57.7 Å². The van der Waals surface area contributed by atoms with Crippen LogP contribution in [0.1, 0.15) is 101 Å². The number of carbonyl (C=O) groups excluding carboxylic acids is 3. The third-order valence-electron chi connectivity index (χ3n) is 7.25. The van der Waals surface area contributed by atoms with Crippen molar-refractivity contribution in [2.75, 3.05) is 13.1 Å². The third kappa shape index (κ3) is 6.45. The van der Waals surface area contributed by atoms with Gasteiger partial charge in [-0.2, -0.15) is 0 Å². The van der Waals surface area contributed by atoms with Crippen molar-refractivity contribution >= 4 is 17.6 Å². The first-order chi connectivity index (χ1) is 15.6. The van der Waals surface area contributed by atoms with Crippen molar-refractivity contribution < 1.29 is 14.4 Å². The van der Waals surface area contributed by atoms with Gasteiger partial charge in [-0.1, -0.05) is 66.0 Å². The Kier molecular flexibility index (Phi) is 8.36. The van der Waals surface area contributed by atoms with E-state index >= 15 is 0 Å². The molecular weight excluding hydrogens is 412 g/mol. The minimum atomic E-state index is -0.406. The first-order valence-corrected chi connectivity index (χ1v) is 12.8. The third-order valence-corrected chi connectivity index (χ3v) is 7.25. The van der Waals surface area contributed by atoms with Crippen LogP contribution in [-0.4, -0.2) is 41.6 Å². The second-order valence-electron chi connectivity index (χ2n) is 11.4. The first-order valence-electron chi connectivity index (χ1n) is 12.8. The highest BCUT2D eigenvalue weighted by Crippen LogP contribution is 2.31. The Balaban J connectivity index is 1.74. The van der Waals surface area contributed by atoms with Crippen molar-refractivity contribution in [2.24, 2.45) is 17.3 Å². The average Bonchev–Trinajstić information content (AvgIpc) is 2.81. The van der Waals surface area contributed by atoms with Gasteiger partial charge in [0.15, 0.2) is 5.78 Å². The smallest absolute Gasteiger partial charge is 0.251 e. The number of ketones is 1. The molecule has 2 fully saturated rings. The monoisotopic (exact) mass is 454 g/mol. The Labute approximate surface area is 199 Å². The van der Waals surface area contributed by atoms with Gasteiger partial charge in [0.05, 0.1) is 6.04 Å². The topological polar surface area (TPSA) is 66.5 Å². The number of benzene rings is 1. The summed E-state index contributed by atoms with van der Waals surface area (Å²) in [7, 11) is 0. The molecule has 1 heterocycles. The van der Waals surface area contributed by atoms with Crippen LogP contribution in [0.15, 0.2) is 24.3 Å². The van der Waals surface area contributed by atoms with Crippen LogP contribution in [-0.2, 0) is 9.59 Å². The van der Waals surface area contributed by atoms with Crippen LogP contribution in [0.25, 0.3) is 0 Å². The molecule has 182 valence electrons. The van der Waals surface area contributed by atoms with Gasteiger partial charge < -0.3 is 10.2 Å². The maximum atomic E-state index is 13.2. The molecule has 1 aliphatic heterocycles. The Hall–Kier alpha value is -2.17. The van der Waals surface area contributed by atoms with Crippen LogP contribution in [0.2, 0.25) is 0 Å². The maximum Gasteiger partial charge on any atom is 0.251 e. The lowest BCUT2D eigenvalue weighted by Crippen LogP contribution is -2.48. The van der Waals surface area contributed by atoms with Gasteiger partial charge in [0, 0.05) is 35.9 Å². The van der Waals surface area contributed by atoms with Crippen LogP contribution >= 0.6 is 0 Å². The van der Waals surface area contributed by atoms with E-state index in [0.717, 1.165) is 50.6 Å².